The molecule has 1 aromatic heterocycles. The van der Waals surface area contributed by atoms with Crippen LogP contribution in [0.15, 0.2) is 30.3 Å². The number of carbonyl (C=O) groups excluding carboxylic acids is 1. The van der Waals surface area contributed by atoms with Crippen molar-refractivity contribution in [2.45, 2.75) is 32.2 Å². The second-order valence-corrected chi connectivity index (χ2v) is 6.10. The van der Waals surface area contributed by atoms with Gasteiger partial charge in [-0.25, -0.2) is 4.98 Å². The molecule has 1 aliphatic rings. The summed E-state index contributed by atoms with van der Waals surface area (Å²) in [5, 5.41) is 0.996. The van der Waals surface area contributed by atoms with Crippen LogP contribution in [-0.2, 0) is 0 Å². The summed E-state index contributed by atoms with van der Waals surface area (Å²) >= 11 is 1.52. The van der Waals surface area contributed by atoms with Gasteiger partial charge < -0.3 is 4.90 Å². The number of aromatic nitrogens is 1. The molecule has 0 radical (unpaired) electrons. The van der Waals surface area contributed by atoms with E-state index in [2.05, 4.69) is 11.8 Å². The molecule has 2 heterocycles. The summed E-state index contributed by atoms with van der Waals surface area (Å²) in [6.07, 6.45) is 4.51. The molecule has 0 bridgehead atoms. The molecule has 0 N–H and O–H groups in total. The lowest BCUT2D eigenvalue weighted by Crippen LogP contribution is -2.28. The fraction of sp³-hybridized carbons (Fsp3) is 0.375. The minimum absolute atomic E-state index is 0.573. The highest BCUT2D eigenvalue weighted by Gasteiger charge is 2.26. The number of aldehydes is 1. The van der Waals surface area contributed by atoms with Gasteiger partial charge in [0.05, 0.1) is 10.6 Å². The van der Waals surface area contributed by atoms with Crippen LogP contribution in [0.5, 0.6) is 0 Å². The fourth-order valence-corrected chi connectivity index (χ4v) is 3.84. The summed E-state index contributed by atoms with van der Waals surface area (Å²) in [5.41, 5.74) is 1.84. The smallest absolute Gasteiger partial charge is 0.186 e. The number of hydrogen-bond donors (Lipinski definition) is 0. The van der Waals surface area contributed by atoms with E-state index in [-0.39, 0.29) is 0 Å². The van der Waals surface area contributed by atoms with Crippen LogP contribution >= 0.6 is 11.3 Å². The maximum atomic E-state index is 11.3. The molecule has 20 heavy (non-hydrogen) atoms. The van der Waals surface area contributed by atoms with Crippen molar-refractivity contribution in [3.05, 3.63) is 35.2 Å². The lowest BCUT2D eigenvalue weighted by Gasteiger charge is -2.22. The van der Waals surface area contributed by atoms with E-state index >= 15 is 0 Å². The minimum atomic E-state index is 0.573. The number of rotatable bonds is 4. The molecule has 3 nitrogen and oxygen atoms in total. The zero-order chi connectivity index (χ0) is 13.9. The van der Waals surface area contributed by atoms with Gasteiger partial charge in [0, 0.05) is 18.2 Å². The average Bonchev–Trinajstić information content (AvgIpc) is 3.13. The molecule has 3 rings (SSSR count). The predicted molar refractivity (Wildman–Crippen MR) is 83.6 cm³/mol. The van der Waals surface area contributed by atoms with Gasteiger partial charge in [-0.3, -0.25) is 4.79 Å². The minimum Gasteiger partial charge on any atom is -0.345 e. The molecule has 1 saturated heterocycles. The second kappa shape index (κ2) is 5.75. The lowest BCUT2D eigenvalue weighted by molar-refractivity contribution is 0.112. The van der Waals surface area contributed by atoms with Crippen molar-refractivity contribution in [2.24, 2.45) is 0 Å². The molecule has 0 spiro atoms. The van der Waals surface area contributed by atoms with Gasteiger partial charge in [0.2, 0.25) is 0 Å². The van der Waals surface area contributed by atoms with Gasteiger partial charge in [-0.05, 0) is 19.3 Å². The highest BCUT2D eigenvalue weighted by molar-refractivity contribution is 7.17. The van der Waals surface area contributed by atoms with Gasteiger partial charge in [-0.1, -0.05) is 48.6 Å². The summed E-state index contributed by atoms with van der Waals surface area (Å²) < 4.78 is 0. The Kier molecular flexibility index (Phi) is 3.83. The normalized spacial score (nSPS) is 18.4. The largest absolute Gasteiger partial charge is 0.345 e. The van der Waals surface area contributed by atoms with Gasteiger partial charge in [0.25, 0.3) is 0 Å². The van der Waals surface area contributed by atoms with Crippen molar-refractivity contribution in [2.75, 3.05) is 11.4 Å². The second-order valence-electron chi connectivity index (χ2n) is 5.09. The Morgan fingerprint density at radius 3 is 2.90 bits per heavy atom. The molecule has 104 valence electrons. The van der Waals surface area contributed by atoms with E-state index in [0.29, 0.717) is 6.04 Å². The van der Waals surface area contributed by atoms with Crippen molar-refractivity contribution < 1.29 is 4.79 Å². The number of carbonyl (C=O) groups is 1. The van der Waals surface area contributed by atoms with Crippen LogP contribution in [0.2, 0.25) is 0 Å². The number of anilines is 1. The van der Waals surface area contributed by atoms with E-state index in [0.717, 1.165) is 40.5 Å². The van der Waals surface area contributed by atoms with Crippen LogP contribution in [0.4, 0.5) is 5.13 Å². The highest BCUT2D eigenvalue weighted by atomic mass is 32.1. The summed E-state index contributed by atoms with van der Waals surface area (Å²) in [6.45, 7) is 3.27. The fourth-order valence-electron chi connectivity index (χ4n) is 2.84. The molecule has 1 atom stereocenters. The molecule has 0 saturated carbocycles. The molecule has 1 unspecified atom stereocenters. The zero-order valence-corrected chi connectivity index (χ0v) is 12.4. The topological polar surface area (TPSA) is 33.2 Å². The van der Waals surface area contributed by atoms with E-state index in [1.54, 1.807) is 0 Å². The molecule has 0 amide bonds. The average molecular weight is 286 g/mol. The Bertz CT molecular complexity index is 594. The SMILES string of the molecule is CCC1CCCN1c1nc(-c2ccccc2)c(C=O)s1. The summed E-state index contributed by atoms with van der Waals surface area (Å²) in [4.78, 5) is 19.2. The number of thiazole rings is 1. The van der Waals surface area contributed by atoms with Crippen LogP contribution in [0.1, 0.15) is 35.9 Å². The Morgan fingerprint density at radius 2 is 2.20 bits per heavy atom. The molecule has 1 aromatic carbocycles. The van der Waals surface area contributed by atoms with Crippen LogP contribution in [0, 0.1) is 0 Å². The number of hydrogen-bond acceptors (Lipinski definition) is 4. The third-order valence-electron chi connectivity index (χ3n) is 3.89. The Morgan fingerprint density at radius 1 is 1.40 bits per heavy atom. The quantitative estimate of drug-likeness (QED) is 0.796. The van der Waals surface area contributed by atoms with Gasteiger partial charge in [-0.2, -0.15) is 0 Å². The third-order valence-corrected chi connectivity index (χ3v) is 4.91. The number of benzene rings is 1. The maximum absolute atomic E-state index is 11.3. The van der Waals surface area contributed by atoms with Gasteiger partial charge in [0.15, 0.2) is 11.4 Å². The van der Waals surface area contributed by atoms with E-state index in [1.165, 1.54) is 24.2 Å². The summed E-state index contributed by atoms with van der Waals surface area (Å²) in [7, 11) is 0. The molecule has 1 aliphatic heterocycles. The summed E-state index contributed by atoms with van der Waals surface area (Å²) in [5.74, 6) is 0. The first-order chi connectivity index (χ1) is 9.83. The molecule has 1 fully saturated rings. The Labute approximate surface area is 123 Å². The van der Waals surface area contributed by atoms with Crippen molar-refractivity contribution in [1.82, 2.24) is 4.98 Å². The van der Waals surface area contributed by atoms with Gasteiger partial charge in [0.1, 0.15) is 0 Å². The molecule has 2 aromatic rings. The van der Waals surface area contributed by atoms with Crippen LogP contribution in [-0.4, -0.2) is 23.9 Å². The van der Waals surface area contributed by atoms with E-state index < -0.39 is 0 Å². The van der Waals surface area contributed by atoms with E-state index in [9.17, 15) is 4.79 Å². The summed E-state index contributed by atoms with van der Waals surface area (Å²) in [6, 6.07) is 10.5. The van der Waals surface area contributed by atoms with E-state index in [1.807, 2.05) is 30.3 Å². The van der Waals surface area contributed by atoms with Crippen LogP contribution < -0.4 is 4.90 Å². The first-order valence-electron chi connectivity index (χ1n) is 7.11. The lowest BCUT2D eigenvalue weighted by atomic mass is 10.1. The molecular formula is C16H18N2OS. The first kappa shape index (κ1) is 13.3. The molecule has 0 aliphatic carbocycles. The standard InChI is InChI=1S/C16H18N2OS/c1-2-13-9-6-10-18(13)16-17-15(14(11-19)20-16)12-7-4-3-5-8-12/h3-5,7-8,11,13H,2,6,9-10H2,1H3. The van der Waals surface area contributed by atoms with Gasteiger partial charge in [-0.15, -0.1) is 0 Å². The maximum Gasteiger partial charge on any atom is 0.186 e. The Hall–Kier alpha value is -1.68. The predicted octanol–water partition coefficient (Wildman–Crippen LogP) is 4.00. The van der Waals surface area contributed by atoms with Crippen molar-refractivity contribution in [3.8, 4) is 11.3 Å². The van der Waals surface area contributed by atoms with Crippen molar-refractivity contribution in [3.63, 3.8) is 0 Å². The molecule has 4 heteroatoms. The monoisotopic (exact) mass is 286 g/mol. The highest BCUT2D eigenvalue weighted by Crippen LogP contribution is 2.35. The van der Waals surface area contributed by atoms with Crippen molar-refractivity contribution in [1.29, 1.82) is 0 Å². The van der Waals surface area contributed by atoms with Crippen LogP contribution in [0.3, 0.4) is 0 Å². The number of nitrogens with zero attached hydrogens (tertiary/aromatic N) is 2. The van der Waals surface area contributed by atoms with E-state index in [4.69, 9.17) is 4.98 Å². The zero-order valence-electron chi connectivity index (χ0n) is 11.6. The first-order valence-corrected chi connectivity index (χ1v) is 7.93. The van der Waals surface area contributed by atoms with Crippen LogP contribution in [0.25, 0.3) is 11.3 Å². The van der Waals surface area contributed by atoms with Crippen molar-refractivity contribution >= 4 is 22.8 Å². The van der Waals surface area contributed by atoms with Gasteiger partial charge >= 0.3 is 0 Å². The molecular weight excluding hydrogens is 268 g/mol. The Balaban J connectivity index is 1.99. The third kappa shape index (κ3) is 2.36.